The lowest BCUT2D eigenvalue weighted by molar-refractivity contribution is 0.0892. The fraction of sp³-hybridized carbons (Fsp3) is 0.417. The maximum absolute atomic E-state index is 6.02. The van der Waals surface area contributed by atoms with Gasteiger partial charge in [0.2, 0.25) is 0 Å². The van der Waals surface area contributed by atoms with Crippen molar-refractivity contribution in [2.75, 3.05) is 25.9 Å². The number of rotatable bonds is 12. The fourth-order valence-corrected chi connectivity index (χ4v) is 4.02. The van der Waals surface area contributed by atoms with Crippen molar-refractivity contribution in [3.05, 3.63) is 72.3 Å². The van der Waals surface area contributed by atoms with E-state index >= 15 is 0 Å². The Labute approximate surface area is 168 Å². The minimum atomic E-state index is 0.338. The lowest BCUT2D eigenvalue weighted by Gasteiger charge is -2.19. The highest BCUT2D eigenvalue weighted by atomic mass is 28.2. The molecule has 1 atom stereocenters. The Morgan fingerprint density at radius 3 is 2.26 bits per heavy atom. The Morgan fingerprint density at radius 1 is 1.00 bits per heavy atom. The lowest BCUT2D eigenvalue weighted by atomic mass is 10.00. The van der Waals surface area contributed by atoms with Gasteiger partial charge in [-0.1, -0.05) is 80.2 Å². The van der Waals surface area contributed by atoms with Crippen LogP contribution in [0.4, 0.5) is 0 Å². The molecule has 0 spiro atoms. The van der Waals surface area contributed by atoms with Crippen LogP contribution in [0.1, 0.15) is 44.7 Å². The largest absolute Gasteiger partial charge is 0.382 e. The Balaban J connectivity index is 1.71. The molecule has 2 rings (SSSR count). The molecule has 0 fully saturated rings. The molecule has 2 aromatic rings. The summed E-state index contributed by atoms with van der Waals surface area (Å²) in [5.74, 6) is 0. The normalized spacial score (nSPS) is 12.3. The van der Waals surface area contributed by atoms with Gasteiger partial charge in [-0.05, 0) is 56.1 Å². The van der Waals surface area contributed by atoms with Gasteiger partial charge < -0.3 is 9.64 Å². The van der Waals surface area contributed by atoms with Gasteiger partial charge in [0.25, 0.3) is 0 Å². The van der Waals surface area contributed by atoms with Gasteiger partial charge >= 0.3 is 0 Å². The zero-order valence-corrected chi connectivity index (χ0v) is 18.1. The van der Waals surface area contributed by atoms with E-state index in [2.05, 4.69) is 80.8 Å². The quantitative estimate of drug-likeness (QED) is 0.501. The Morgan fingerprint density at radius 2 is 1.63 bits per heavy atom. The van der Waals surface area contributed by atoms with Gasteiger partial charge in [0, 0.05) is 6.23 Å². The molecule has 0 aliphatic rings. The van der Waals surface area contributed by atoms with E-state index in [0.29, 0.717) is 15.6 Å². The van der Waals surface area contributed by atoms with Gasteiger partial charge in [-0.2, -0.15) is 0 Å². The minimum absolute atomic E-state index is 0.338. The van der Waals surface area contributed by atoms with E-state index in [1.807, 2.05) is 6.07 Å². The summed E-state index contributed by atoms with van der Waals surface area (Å²) < 4.78 is 6.02. The van der Waals surface area contributed by atoms with Crippen LogP contribution < -0.4 is 5.19 Å². The highest BCUT2D eigenvalue weighted by Crippen LogP contribution is 2.20. The molecule has 0 N–H and O–H groups in total. The SMILES string of the molecule is C=C(c1ccccc1)c1ccc([Si]COC(C)CCCN(CC)CC)cc1. The van der Waals surface area contributed by atoms with Gasteiger partial charge in [-0.3, -0.25) is 0 Å². The second kappa shape index (κ2) is 11.9. The molecule has 2 radical (unpaired) electrons. The van der Waals surface area contributed by atoms with Crippen LogP contribution in [0.5, 0.6) is 0 Å². The van der Waals surface area contributed by atoms with Crippen LogP contribution in [0, 0.1) is 0 Å². The minimum Gasteiger partial charge on any atom is -0.382 e. The third-order valence-corrected chi connectivity index (χ3v) is 6.03. The van der Waals surface area contributed by atoms with Crippen molar-refractivity contribution < 1.29 is 4.74 Å². The van der Waals surface area contributed by atoms with Crippen molar-refractivity contribution in [1.29, 1.82) is 0 Å². The summed E-state index contributed by atoms with van der Waals surface area (Å²) in [6, 6.07) is 19.1. The summed E-state index contributed by atoms with van der Waals surface area (Å²) in [5.41, 5.74) is 3.43. The molecule has 0 aromatic heterocycles. The molecular weight excluding hydrogens is 346 g/mol. The van der Waals surface area contributed by atoms with E-state index in [1.165, 1.54) is 29.3 Å². The first-order chi connectivity index (χ1) is 13.1. The zero-order valence-electron chi connectivity index (χ0n) is 17.1. The fourth-order valence-electron chi connectivity index (χ4n) is 3.09. The molecule has 1 unspecified atom stereocenters. The van der Waals surface area contributed by atoms with Crippen LogP contribution >= 0.6 is 0 Å². The van der Waals surface area contributed by atoms with Crippen LogP contribution in [-0.4, -0.2) is 46.4 Å². The number of benzene rings is 2. The van der Waals surface area contributed by atoms with Crippen LogP contribution in [0.25, 0.3) is 5.57 Å². The van der Waals surface area contributed by atoms with Crippen molar-refractivity contribution in [1.82, 2.24) is 4.90 Å². The molecule has 0 heterocycles. The van der Waals surface area contributed by atoms with E-state index in [-0.39, 0.29) is 0 Å². The molecule has 2 aromatic carbocycles. The van der Waals surface area contributed by atoms with Gasteiger partial charge in [-0.15, -0.1) is 0 Å². The second-order valence-electron chi connectivity index (χ2n) is 6.89. The first-order valence-corrected chi connectivity index (χ1v) is 11.3. The molecule has 3 heteroatoms. The molecule has 0 aliphatic heterocycles. The summed E-state index contributed by atoms with van der Waals surface area (Å²) in [4.78, 5) is 2.47. The van der Waals surface area contributed by atoms with E-state index in [0.717, 1.165) is 31.3 Å². The predicted octanol–water partition coefficient (Wildman–Crippen LogP) is 4.56. The van der Waals surface area contributed by atoms with E-state index in [4.69, 9.17) is 4.74 Å². The van der Waals surface area contributed by atoms with Crippen LogP contribution in [-0.2, 0) is 4.74 Å². The molecule has 2 nitrogen and oxygen atoms in total. The third kappa shape index (κ3) is 7.45. The number of hydrogen-bond donors (Lipinski definition) is 0. The molecule has 0 bridgehead atoms. The summed E-state index contributed by atoms with van der Waals surface area (Å²) >= 11 is 0. The zero-order chi connectivity index (χ0) is 19.5. The topological polar surface area (TPSA) is 12.5 Å². The maximum Gasteiger partial charge on any atom is 0.114 e. The molecule has 0 saturated carbocycles. The van der Waals surface area contributed by atoms with E-state index in [9.17, 15) is 0 Å². The van der Waals surface area contributed by atoms with Gasteiger partial charge in [0.05, 0.1) is 6.10 Å². The van der Waals surface area contributed by atoms with Gasteiger partial charge in [-0.25, -0.2) is 0 Å². The second-order valence-corrected chi connectivity index (χ2v) is 8.11. The highest BCUT2D eigenvalue weighted by Gasteiger charge is 2.06. The average molecular weight is 380 g/mol. The van der Waals surface area contributed by atoms with Gasteiger partial charge in [0.15, 0.2) is 0 Å². The summed E-state index contributed by atoms with van der Waals surface area (Å²) in [6.45, 7) is 14.3. The molecule has 0 saturated heterocycles. The Bertz CT molecular complexity index is 665. The van der Waals surface area contributed by atoms with Crippen molar-refractivity contribution in [2.45, 2.75) is 39.7 Å². The third-order valence-electron chi connectivity index (χ3n) is 4.98. The van der Waals surface area contributed by atoms with Crippen molar-refractivity contribution in [3.8, 4) is 0 Å². The van der Waals surface area contributed by atoms with Crippen LogP contribution in [0.3, 0.4) is 0 Å². The summed E-state index contributed by atoms with van der Waals surface area (Å²) in [6.07, 6.45) is 3.50. The van der Waals surface area contributed by atoms with E-state index in [1.54, 1.807) is 0 Å². The van der Waals surface area contributed by atoms with Crippen molar-refractivity contribution >= 4 is 20.3 Å². The molecule has 0 aliphatic carbocycles. The average Bonchev–Trinajstić information content (AvgIpc) is 2.72. The molecular formula is C24H33NOSi. The smallest absolute Gasteiger partial charge is 0.114 e. The van der Waals surface area contributed by atoms with Crippen molar-refractivity contribution in [2.24, 2.45) is 0 Å². The molecule has 144 valence electrons. The number of nitrogens with zero attached hydrogens (tertiary/aromatic N) is 1. The summed E-state index contributed by atoms with van der Waals surface area (Å²) in [7, 11) is 0.692. The highest BCUT2D eigenvalue weighted by molar-refractivity contribution is 6.53. The van der Waals surface area contributed by atoms with Crippen LogP contribution in [0.2, 0.25) is 0 Å². The Kier molecular flexibility index (Phi) is 9.53. The first kappa shape index (κ1) is 21.6. The number of ether oxygens (including phenoxy) is 1. The van der Waals surface area contributed by atoms with E-state index < -0.39 is 0 Å². The number of hydrogen-bond acceptors (Lipinski definition) is 2. The summed E-state index contributed by atoms with van der Waals surface area (Å²) in [5, 5.41) is 1.34. The van der Waals surface area contributed by atoms with Crippen LogP contribution in [0.15, 0.2) is 61.2 Å². The monoisotopic (exact) mass is 379 g/mol. The van der Waals surface area contributed by atoms with Gasteiger partial charge in [0.1, 0.15) is 9.52 Å². The standard InChI is InChI=1S/C24H33NOSi/c1-5-25(6-2)18-10-11-20(3)26-19-27-24-16-14-23(15-17-24)21(4)22-12-8-7-9-13-22/h7-9,12-17,20H,4-6,10-11,18-19H2,1-3H3. The lowest BCUT2D eigenvalue weighted by Crippen LogP contribution is -2.26. The van der Waals surface area contributed by atoms with Crippen molar-refractivity contribution in [3.63, 3.8) is 0 Å². The maximum atomic E-state index is 6.02. The molecule has 27 heavy (non-hydrogen) atoms. The molecule has 0 amide bonds. The predicted molar refractivity (Wildman–Crippen MR) is 119 cm³/mol. The first-order valence-electron chi connectivity index (χ1n) is 10.1. The Hall–Kier alpha value is -1.68.